The quantitative estimate of drug-likeness (QED) is 0.255. The molecule has 0 fully saturated rings. The highest BCUT2D eigenvalue weighted by atomic mass is 16.5. The summed E-state index contributed by atoms with van der Waals surface area (Å²) in [6.45, 7) is 13.8. The number of rotatable bonds is 21. The van der Waals surface area contributed by atoms with E-state index in [4.69, 9.17) is 14.2 Å². The first-order chi connectivity index (χ1) is 15.4. The highest BCUT2D eigenvalue weighted by Crippen LogP contribution is 2.05. The topological polar surface area (TPSA) is 103 Å². The summed E-state index contributed by atoms with van der Waals surface area (Å²) in [7, 11) is 0. The lowest BCUT2D eigenvalue weighted by Gasteiger charge is -2.08. The van der Waals surface area contributed by atoms with Gasteiger partial charge in [-0.15, -0.1) is 0 Å². The minimum atomic E-state index is -0.0673. The zero-order chi connectivity index (χ0) is 24.5. The first-order valence-corrected chi connectivity index (χ1v) is 12.2. The minimum Gasteiger partial charge on any atom is -0.379 e. The van der Waals surface area contributed by atoms with E-state index in [0.717, 1.165) is 12.8 Å². The Kier molecular flexibility index (Phi) is 26.3. The molecule has 32 heavy (non-hydrogen) atoms. The number of hydrogen-bond acceptors (Lipinski definition) is 6. The van der Waals surface area contributed by atoms with Gasteiger partial charge in [-0.3, -0.25) is 14.4 Å². The maximum Gasteiger partial charge on any atom is 0.220 e. The van der Waals surface area contributed by atoms with Gasteiger partial charge in [0.2, 0.25) is 11.8 Å². The van der Waals surface area contributed by atoms with Crippen LogP contribution in [0.15, 0.2) is 0 Å². The van der Waals surface area contributed by atoms with Gasteiger partial charge in [-0.2, -0.15) is 0 Å². The number of unbranched alkanes of at least 4 members (excludes halogenated alkanes) is 1. The molecule has 0 aliphatic heterocycles. The standard InChI is InChI=1S/C22H42N2O6.C2H6/c1-19(2)7-4-5-11-23-21(26)8-6-9-22(27)24-12-14-29-16-18-30-17-15-28-13-10-20(3)25;1-2/h19H,4-18H2,1-3H3,(H,23,26)(H,24,27);1-2H3. The molecule has 0 unspecified atom stereocenters. The van der Waals surface area contributed by atoms with E-state index >= 15 is 0 Å². The molecule has 190 valence electrons. The van der Waals surface area contributed by atoms with E-state index in [-0.39, 0.29) is 17.6 Å². The van der Waals surface area contributed by atoms with Crippen molar-refractivity contribution in [3.8, 4) is 0 Å². The van der Waals surface area contributed by atoms with E-state index in [2.05, 4.69) is 24.5 Å². The summed E-state index contributed by atoms with van der Waals surface area (Å²) >= 11 is 0. The number of ether oxygens (including phenoxy) is 3. The number of nitrogens with one attached hydrogen (secondary N) is 2. The fraction of sp³-hybridized carbons (Fsp3) is 0.875. The molecular formula is C24H48N2O6. The highest BCUT2D eigenvalue weighted by molar-refractivity contribution is 5.78. The maximum absolute atomic E-state index is 11.7. The Labute approximate surface area is 195 Å². The number of hydrogen-bond donors (Lipinski definition) is 2. The summed E-state index contributed by atoms with van der Waals surface area (Å²) in [5.41, 5.74) is 0. The van der Waals surface area contributed by atoms with Gasteiger partial charge in [0.05, 0.1) is 39.6 Å². The van der Waals surface area contributed by atoms with Gasteiger partial charge < -0.3 is 24.8 Å². The van der Waals surface area contributed by atoms with Gasteiger partial charge in [0, 0.05) is 32.4 Å². The molecule has 0 heterocycles. The summed E-state index contributed by atoms with van der Waals surface area (Å²) in [6, 6.07) is 0. The number of carbonyl (C=O) groups excluding carboxylic acids is 3. The third-order valence-corrected chi connectivity index (χ3v) is 4.25. The molecule has 0 aliphatic rings. The lowest BCUT2D eigenvalue weighted by Crippen LogP contribution is -2.28. The van der Waals surface area contributed by atoms with Gasteiger partial charge in [0.15, 0.2) is 0 Å². The summed E-state index contributed by atoms with van der Waals surface area (Å²) < 4.78 is 16.0. The Hall–Kier alpha value is -1.51. The van der Waals surface area contributed by atoms with Crippen LogP contribution in [0.5, 0.6) is 0 Å². The Morgan fingerprint density at radius 3 is 1.69 bits per heavy atom. The van der Waals surface area contributed by atoms with Gasteiger partial charge in [0.25, 0.3) is 0 Å². The van der Waals surface area contributed by atoms with Crippen molar-refractivity contribution in [1.29, 1.82) is 0 Å². The molecule has 0 aromatic rings. The van der Waals surface area contributed by atoms with Crippen LogP contribution in [0.1, 0.15) is 79.6 Å². The second-order valence-electron chi connectivity index (χ2n) is 7.73. The first-order valence-electron chi connectivity index (χ1n) is 12.2. The van der Waals surface area contributed by atoms with E-state index in [1.807, 2.05) is 13.8 Å². The summed E-state index contributed by atoms with van der Waals surface area (Å²) in [4.78, 5) is 34.2. The molecule has 0 aromatic heterocycles. The van der Waals surface area contributed by atoms with Crippen molar-refractivity contribution < 1.29 is 28.6 Å². The van der Waals surface area contributed by atoms with Crippen LogP contribution in [0, 0.1) is 5.92 Å². The maximum atomic E-state index is 11.7. The van der Waals surface area contributed by atoms with Gasteiger partial charge in [-0.05, 0) is 25.7 Å². The van der Waals surface area contributed by atoms with Crippen molar-refractivity contribution in [2.75, 3.05) is 52.7 Å². The van der Waals surface area contributed by atoms with Crippen molar-refractivity contribution in [3.05, 3.63) is 0 Å². The predicted octanol–water partition coefficient (Wildman–Crippen LogP) is 3.27. The molecule has 8 nitrogen and oxygen atoms in total. The molecule has 0 saturated heterocycles. The second kappa shape index (κ2) is 25.7. The molecule has 0 aliphatic carbocycles. The molecule has 0 aromatic carbocycles. The molecule has 2 amide bonds. The first kappa shape index (κ1) is 32.7. The normalized spacial score (nSPS) is 10.4. The van der Waals surface area contributed by atoms with Crippen LogP contribution in [-0.2, 0) is 28.6 Å². The van der Waals surface area contributed by atoms with Crippen LogP contribution in [0.4, 0.5) is 0 Å². The monoisotopic (exact) mass is 460 g/mol. The van der Waals surface area contributed by atoms with Crippen LogP contribution in [0.3, 0.4) is 0 Å². The van der Waals surface area contributed by atoms with Crippen LogP contribution in [0.25, 0.3) is 0 Å². The lowest BCUT2D eigenvalue weighted by molar-refractivity contribution is -0.122. The van der Waals surface area contributed by atoms with Crippen molar-refractivity contribution in [2.24, 2.45) is 5.92 Å². The van der Waals surface area contributed by atoms with Gasteiger partial charge in [-0.1, -0.05) is 40.5 Å². The summed E-state index contributed by atoms with van der Waals surface area (Å²) in [5, 5.41) is 5.68. The van der Waals surface area contributed by atoms with Crippen molar-refractivity contribution in [2.45, 2.75) is 79.6 Å². The third kappa shape index (κ3) is 28.5. The van der Waals surface area contributed by atoms with Gasteiger partial charge in [0.1, 0.15) is 5.78 Å². The third-order valence-electron chi connectivity index (χ3n) is 4.25. The lowest BCUT2D eigenvalue weighted by atomic mass is 10.1. The average molecular weight is 461 g/mol. The predicted molar refractivity (Wildman–Crippen MR) is 128 cm³/mol. The SMILES string of the molecule is CC.CC(=O)CCOCCOCCOCCNC(=O)CCCC(=O)NCCCCC(C)C. The molecule has 0 saturated carbocycles. The Balaban J connectivity index is 0. The van der Waals surface area contributed by atoms with Gasteiger partial charge >= 0.3 is 0 Å². The van der Waals surface area contributed by atoms with Gasteiger partial charge in [-0.25, -0.2) is 0 Å². The zero-order valence-electron chi connectivity index (χ0n) is 21.1. The Morgan fingerprint density at radius 1 is 0.656 bits per heavy atom. The van der Waals surface area contributed by atoms with Crippen LogP contribution in [0.2, 0.25) is 0 Å². The number of carbonyl (C=O) groups is 3. The molecule has 0 radical (unpaired) electrons. The Morgan fingerprint density at radius 2 is 1.16 bits per heavy atom. The molecule has 2 N–H and O–H groups in total. The van der Waals surface area contributed by atoms with Crippen molar-refractivity contribution in [1.82, 2.24) is 10.6 Å². The minimum absolute atomic E-state index is 0.0138. The molecule has 8 heteroatoms. The average Bonchev–Trinajstić information content (AvgIpc) is 2.75. The van der Waals surface area contributed by atoms with E-state index < -0.39 is 0 Å². The molecule has 0 bridgehead atoms. The molecule has 0 spiro atoms. The molecule has 0 rings (SSSR count). The number of amides is 2. The Bertz CT molecular complexity index is 458. The van der Waals surface area contributed by atoms with Crippen LogP contribution < -0.4 is 10.6 Å². The van der Waals surface area contributed by atoms with Crippen molar-refractivity contribution in [3.63, 3.8) is 0 Å². The largest absolute Gasteiger partial charge is 0.379 e. The number of Topliss-reactive ketones (excluding diaryl/α,β-unsaturated/α-hetero) is 1. The van der Waals surface area contributed by atoms with E-state index in [1.54, 1.807) is 0 Å². The molecular weight excluding hydrogens is 412 g/mol. The fourth-order valence-electron chi connectivity index (χ4n) is 2.51. The van der Waals surface area contributed by atoms with Crippen molar-refractivity contribution >= 4 is 17.6 Å². The zero-order valence-corrected chi connectivity index (χ0v) is 21.1. The van der Waals surface area contributed by atoms with E-state index in [0.29, 0.717) is 84.3 Å². The fourth-order valence-corrected chi connectivity index (χ4v) is 2.51. The van der Waals surface area contributed by atoms with Crippen LogP contribution in [-0.4, -0.2) is 70.3 Å². The summed E-state index contributed by atoms with van der Waals surface area (Å²) in [6.07, 6.45) is 5.02. The van der Waals surface area contributed by atoms with Crippen LogP contribution >= 0.6 is 0 Å². The molecule has 0 atom stereocenters. The smallest absolute Gasteiger partial charge is 0.220 e. The van der Waals surface area contributed by atoms with E-state index in [1.165, 1.54) is 13.3 Å². The summed E-state index contributed by atoms with van der Waals surface area (Å²) in [5.74, 6) is 0.764. The second-order valence-corrected chi connectivity index (χ2v) is 7.73. The number of ketones is 1. The van der Waals surface area contributed by atoms with E-state index in [9.17, 15) is 14.4 Å². The highest BCUT2D eigenvalue weighted by Gasteiger charge is 2.05.